The van der Waals surface area contributed by atoms with Crippen LogP contribution in [0, 0.1) is 0 Å². The summed E-state index contributed by atoms with van der Waals surface area (Å²) in [5.74, 6) is 0. The third-order valence-electron chi connectivity index (χ3n) is 4.42. The Kier molecular flexibility index (Phi) is 4.11. The average molecular weight is 239 g/mol. The first-order valence-electron chi connectivity index (χ1n) is 7.25. The first-order valence-corrected chi connectivity index (χ1v) is 7.25. The van der Waals surface area contributed by atoms with Crippen LogP contribution in [-0.2, 0) is 0 Å². The van der Waals surface area contributed by atoms with Crippen LogP contribution in [0.4, 0.5) is 0 Å². The monoisotopic (exact) mass is 239 g/mol. The summed E-state index contributed by atoms with van der Waals surface area (Å²) in [6.45, 7) is 15.4. The Morgan fingerprint density at radius 2 is 2.12 bits per heavy atom. The molecule has 0 radical (unpaired) electrons. The van der Waals surface area contributed by atoms with Crippen molar-refractivity contribution < 1.29 is 0 Å². The molecule has 2 unspecified atom stereocenters. The van der Waals surface area contributed by atoms with Crippen molar-refractivity contribution in [2.24, 2.45) is 0 Å². The van der Waals surface area contributed by atoms with Gasteiger partial charge >= 0.3 is 0 Å². The summed E-state index contributed by atoms with van der Waals surface area (Å²) in [5, 5.41) is 3.65. The van der Waals surface area contributed by atoms with Crippen LogP contribution >= 0.6 is 0 Å². The summed E-state index contributed by atoms with van der Waals surface area (Å²) in [4.78, 5) is 5.36. The summed E-state index contributed by atoms with van der Waals surface area (Å²) in [7, 11) is 0. The molecular weight excluding hydrogens is 210 g/mol. The molecule has 0 bridgehead atoms. The van der Waals surface area contributed by atoms with E-state index in [9.17, 15) is 0 Å². The fraction of sp³-hybridized carbons (Fsp3) is 1.00. The summed E-state index contributed by atoms with van der Waals surface area (Å²) < 4.78 is 0. The van der Waals surface area contributed by atoms with Gasteiger partial charge in [0.2, 0.25) is 0 Å². The second kappa shape index (κ2) is 5.25. The summed E-state index contributed by atoms with van der Waals surface area (Å²) in [6.07, 6.45) is 2.76. The van der Waals surface area contributed by atoms with Crippen molar-refractivity contribution in [3.8, 4) is 0 Å². The Morgan fingerprint density at radius 1 is 1.35 bits per heavy atom. The van der Waals surface area contributed by atoms with Gasteiger partial charge in [0.05, 0.1) is 0 Å². The largest absolute Gasteiger partial charge is 0.309 e. The van der Waals surface area contributed by atoms with E-state index in [4.69, 9.17) is 0 Å². The Hall–Kier alpha value is -0.120. The van der Waals surface area contributed by atoms with Crippen LogP contribution in [0.3, 0.4) is 0 Å². The van der Waals surface area contributed by atoms with Crippen molar-refractivity contribution in [2.75, 3.05) is 32.7 Å². The topological polar surface area (TPSA) is 18.5 Å². The van der Waals surface area contributed by atoms with Gasteiger partial charge in [0.25, 0.3) is 0 Å². The van der Waals surface area contributed by atoms with Crippen LogP contribution in [0.2, 0.25) is 0 Å². The van der Waals surface area contributed by atoms with Gasteiger partial charge in [-0.3, -0.25) is 4.90 Å². The molecule has 2 rings (SSSR count). The van der Waals surface area contributed by atoms with Crippen LogP contribution in [0.15, 0.2) is 0 Å². The molecule has 2 saturated heterocycles. The van der Waals surface area contributed by atoms with E-state index in [0.29, 0.717) is 6.04 Å². The number of hydrogen-bond acceptors (Lipinski definition) is 3. The Labute approximate surface area is 107 Å². The third-order valence-corrected chi connectivity index (χ3v) is 4.42. The molecule has 0 aromatic rings. The lowest BCUT2D eigenvalue weighted by atomic mass is 9.94. The quantitative estimate of drug-likeness (QED) is 0.788. The number of nitrogens with zero attached hydrogens (tertiary/aromatic N) is 2. The zero-order chi connectivity index (χ0) is 12.5. The van der Waals surface area contributed by atoms with E-state index in [-0.39, 0.29) is 5.54 Å². The van der Waals surface area contributed by atoms with Gasteiger partial charge in [0.1, 0.15) is 0 Å². The van der Waals surface area contributed by atoms with Gasteiger partial charge in [-0.2, -0.15) is 0 Å². The first kappa shape index (κ1) is 13.3. The van der Waals surface area contributed by atoms with E-state index in [1.54, 1.807) is 0 Å². The molecule has 2 aliphatic rings. The van der Waals surface area contributed by atoms with Gasteiger partial charge < -0.3 is 10.2 Å². The number of hydrogen-bond donors (Lipinski definition) is 1. The number of nitrogens with one attached hydrogen (secondary N) is 1. The number of piperidine rings is 1. The molecular formula is C14H29N3. The highest BCUT2D eigenvalue weighted by Crippen LogP contribution is 2.23. The number of piperazine rings is 1. The smallest absolute Gasteiger partial charge is 0.0253 e. The fourth-order valence-electron chi connectivity index (χ4n) is 3.29. The van der Waals surface area contributed by atoms with Crippen LogP contribution < -0.4 is 5.32 Å². The predicted octanol–water partition coefficient (Wildman–Crippen LogP) is 1.54. The van der Waals surface area contributed by atoms with Crippen molar-refractivity contribution in [1.29, 1.82) is 0 Å². The molecule has 3 nitrogen and oxygen atoms in total. The lowest BCUT2D eigenvalue weighted by molar-refractivity contribution is 0.0249. The molecule has 0 saturated carbocycles. The minimum atomic E-state index is 0.279. The highest BCUT2D eigenvalue weighted by atomic mass is 15.3. The third kappa shape index (κ3) is 3.21. The lowest BCUT2D eigenvalue weighted by Gasteiger charge is -2.49. The number of likely N-dealkylation sites (N-methyl/N-ethyl adjacent to an activating group) is 1. The van der Waals surface area contributed by atoms with Crippen LogP contribution in [0.5, 0.6) is 0 Å². The van der Waals surface area contributed by atoms with Gasteiger partial charge in [-0.1, -0.05) is 6.92 Å². The molecule has 2 fully saturated rings. The van der Waals surface area contributed by atoms with Gasteiger partial charge in [0, 0.05) is 37.3 Å². The zero-order valence-corrected chi connectivity index (χ0v) is 12.0. The molecule has 3 heteroatoms. The van der Waals surface area contributed by atoms with E-state index in [0.717, 1.165) is 12.6 Å². The summed E-state index contributed by atoms with van der Waals surface area (Å²) in [5.41, 5.74) is 0.279. The number of likely N-dealkylation sites (tertiary alicyclic amines) is 1. The van der Waals surface area contributed by atoms with Crippen molar-refractivity contribution in [3.63, 3.8) is 0 Å². The van der Waals surface area contributed by atoms with Gasteiger partial charge in [-0.25, -0.2) is 0 Å². The van der Waals surface area contributed by atoms with E-state index < -0.39 is 0 Å². The summed E-state index contributed by atoms with van der Waals surface area (Å²) in [6, 6.07) is 1.46. The minimum absolute atomic E-state index is 0.279. The van der Waals surface area contributed by atoms with Crippen LogP contribution in [-0.4, -0.2) is 60.1 Å². The molecule has 17 heavy (non-hydrogen) atoms. The molecule has 0 spiro atoms. The first-order chi connectivity index (χ1) is 8.02. The molecule has 0 aliphatic carbocycles. The fourth-order valence-corrected chi connectivity index (χ4v) is 3.29. The molecule has 100 valence electrons. The second-order valence-corrected chi connectivity index (χ2v) is 6.48. The summed E-state index contributed by atoms with van der Waals surface area (Å²) >= 11 is 0. The van der Waals surface area contributed by atoms with E-state index in [2.05, 4.69) is 42.8 Å². The van der Waals surface area contributed by atoms with Crippen molar-refractivity contribution >= 4 is 0 Å². The molecule has 0 aromatic heterocycles. The predicted molar refractivity (Wildman–Crippen MR) is 73.4 cm³/mol. The van der Waals surface area contributed by atoms with Crippen molar-refractivity contribution in [2.45, 2.75) is 58.2 Å². The molecule has 1 N–H and O–H groups in total. The van der Waals surface area contributed by atoms with E-state index in [1.807, 2.05) is 0 Å². The van der Waals surface area contributed by atoms with E-state index in [1.165, 1.54) is 39.0 Å². The minimum Gasteiger partial charge on any atom is -0.309 e. The molecule has 2 heterocycles. The maximum atomic E-state index is 3.65. The molecule has 0 amide bonds. The molecule has 2 atom stereocenters. The number of rotatable bonds is 2. The maximum Gasteiger partial charge on any atom is 0.0253 e. The normalized spacial score (nSPS) is 36.0. The van der Waals surface area contributed by atoms with Gasteiger partial charge in [-0.05, 0) is 46.7 Å². The van der Waals surface area contributed by atoms with Crippen LogP contribution in [0.1, 0.15) is 40.5 Å². The average Bonchev–Trinajstić information content (AvgIpc) is 2.32. The highest BCUT2D eigenvalue weighted by molar-refractivity contribution is 4.95. The second-order valence-electron chi connectivity index (χ2n) is 6.48. The molecule has 0 aromatic carbocycles. The molecule has 2 aliphatic heterocycles. The van der Waals surface area contributed by atoms with Gasteiger partial charge in [0.15, 0.2) is 0 Å². The van der Waals surface area contributed by atoms with Crippen LogP contribution in [0.25, 0.3) is 0 Å². The Morgan fingerprint density at radius 3 is 2.82 bits per heavy atom. The highest BCUT2D eigenvalue weighted by Gasteiger charge is 2.35. The Bertz CT molecular complexity index is 252. The lowest BCUT2D eigenvalue weighted by Crippen LogP contribution is -2.65. The van der Waals surface area contributed by atoms with Gasteiger partial charge in [-0.15, -0.1) is 0 Å². The zero-order valence-electron chi connectivity index (χ0n) is 12.0. The maximum absolute atomic E-state index is 3.65. The Balaban J connectivity index is 1.99. The SMILES string of the molecule is CCN1CCCC(N2CC(C)(C)NCC2C)C1. The van der Waals surface area contributed by atoms with Crippen molar-refractivity contribution in [1.82, 2.24) is 15.1 Å². The van der Waals surface area contributed by atoms with E-state index >= 15 is 0 Å². The standard InChI is InChI=1S/C14H29N3/c1-5-16-8-6-7-13(10-16)17-11-14(3,4)15-9-12(17)2/h12-13,15H,5-11H2,1-4H3. The van der Waals surface area contributed by atoms with Crippen molar-refractivity contribution in [3.05, 3.63) is 0 Å².